The molecule has 0 aromatic carbocycles. The van der Waals surface area contributed by atoms with Crippen LogP contribution >= 0.6 is 0 Å². The smallest absolute Gasteiger partial charge is 0.0334 e. The highest BCUT2D eigenvalue weighted by Gasteiger charge is 2.40. The maximum absolute atomic E-state index is 6.26. The summed E-state index contributed by atoms with van der Waals surface area (Å²) >= 11 is 0. The molecule has 0 spiro atoms. The van der Waals surface area contributed by atoms with E-state index in [1.807, 2.05) is 0 Å². The van der Waals surface area contributed by atoms with Crippen LogP contribution in [-0.2, 0) is 0 Å². The third kappa shape index (κ3) is 3.57. The average molecular weight is 281 g/mol. The van der Waals surface area contributed by atoms with Gasteiger partial charge >= 0.3 is 0 Å². The van der Waals surface area contributed by atoms with Crippen LogP contribution in [0.15, 0.2) is 0 Å². The lowest BCUT2D eigenvalue weighted by Crippen LogP contribution is -2.56. The highest BCUT2D eigenvalue weighted by molar-refractivity contribution is 4.97. The average Bonchev–Trinajstić information content (AvgIpc) is 2.64. The number of hydrogen-bond acceptors (Lipinski definition) is 2. The van der Waals surface area contributed by atoms with Gasteiger partial charge in [0.2, 0.25) is 0 Å². The van der Waals surface area contributed by atoms with Gasteiger partial charge in [0.25, 0.3) is 0 Å². The molecular weight excluding hydrogens is 244 g/mol. The van der Waals surface area contributed by atoms with Gasteiger partial charge in [0.05, 0.1) is 0 Å². The zero-order valence-electron chi connectivity index (χ0n) is 14.3. The SMILES string of the molecule is CC1CCCC(CN)(N2CCCC(C(C)(C)C)CC2)C1. The molecule has 0 aromatic heterocycles. The van der Waals surface area contributed by atoms with Gasteiger partial charge in [0.1, 0.15) is 0 Å². The van der Waals surface area contributed by atoms with E-state index in [2.05, 4.69) is 32.6 Å². The van der Waals surface area contributed by atoms with E-state index in [0.717, 1.165) is 18.4 Å². The topological polar surface area (TPSA) is 29.3 Å². The van der Waals surface area contributed by atoms with Crippen LogP contribution in [0.25, 0.3) is 0 Å². The summed E-state index contributed by atoms with van der Waals surface area (Å²) in [6, 6.07) is 0. The number of hydrogen-bond donors (Lipinski definition) is 1. The molecular formula is C18H36N2. The summed E-state index contributed by atoms with van der Waals surface area (Å²) in [5.41, 5.74) is 7.05. The molecule has 3 atom stereocenters. The van der Waals surface area contributed by atoms with Crippen molar-refractivity contribution in [2.75, 3.05) is 19.6 Å². The lowest BCUT2D eigenvalue weighted by Gasteiger charge is -2.47. The van der Waals surface area contributed by atoms with Crippen molar-refractivity contribution in [1.82, 2.24) is 4.90 Å². The van der Waals surface area contributed by atoms with Crippen LogP contribution in [0, 0.1) is 17.3 Å². The van der Waals surface area contributed by atoms with Crippen molar-refractivity contribution in [3.63, 3.8) is 0 Å². The van der Waals surface area contributed by atoms with Crippen molar-refractivity contribution >= 4 is 0 Å². The minimum Gasteiger partial charge on any atom is -0.329 e. The van der Waals surface area contributed by atoms with Crippen LogP contribution in [0.1, 0.15) is 72.6 Å². The highest BCUT2D eigenvalue weighted by atomic mass is 15.2. The van der Waals surface area contributed by atoms with Gasteiger partial charge in [-0.15, -0.1) is 0 Å². The Morgan fingerprint density at radius 1 is 1.10 bits per heavy atom. The maximum Gasteiger partial charge on any atom is 0.0334 e. The fraction of sp³-hybridized carbons (Fsp3) is 1.00. The Morgan fingerprint density at radius 2 is 1.85 bits per heavy atom. The summed E-state index contributed by atoms with van der Waals surface area (Å²) < 4.78 is 0. The number of likely N-dealkylation sites (tertiary alicyclic amines) is 1. The Hall–Kier alpha value is -0.0800. The third-order valence-electron chi connectivity index (χ3n) is 6.07. The van der Waals surface area contributed by atoms with Crippen molar-refractivity contribution in [2.45, 2.75) is 78.2 Å². The Labute approximate surface area is 126 Å². The Bertz CT molecular complexity index is 307. The maximum atomic E-state index is 6.26. The molecule has 2 nitrogen and oxygen atoms in total. The molecule has 2 aliphatic rings. The molecule has 2 rings (SSSR count). The zero-order valence-corrected chi connectivity index (χ0v) is 14.3. The van der Waals surface area contributed by atoms with E-state index in [4.69, 9.17) is 5.73 Å². The summed E-state index contributed by atoms with van der Waals surface area (Å²) in [7, 11) is 0. The van der Waals surface area contributed by atoms with E-state index < -0.39 is 0 Å². The molecule has 1 saturated carbocycles. The zero-order chi connectivity index (χ0) is 14.8. The van der Waals surface area contributed by atoms with Gasteiger partial charge in [-0.05, 0) is 62.4 Å². The first-order valence-electron chi connectivity index (χ1n) is 8.82. The normalized spacial score (nSPS) is 37.6. The highest BCUT2D eigenvalue weighted by Crippen LogP contribution is 2.40. The molecule has 0 radical (unpaired) electrons. The molecule has 0 amide bonds. The second-order valence-corrected chi connectivity index (χ2v) is 8.61. The molecule has 2 N–H and O–H groups in total. The number of nitrogens with zero attached hydrogens (tertiary/aromatic N) is 1. The van der Waals surface area contributed by atoms with E-state index in [9.17, 15) is 0 Å². The van der Waals surface area contributed by atoms with Crippen molar-refractivity contribution in [1.29, 1.82) is 0 Å². The lowest BCUT2D eigenvalue weighted by atomic mass is 9.74. The minimum atomic E-state index is 0.324. The molecule has 1 aliphatic heterocycles. The Morgan fingerprint density at radius 3 is 2.45 bits per heavy atom. The molecule has 2 fully saturated rings. The lowest BCUT2D eigenvalue weighted by molar-refractivity contribution is 0.0395. The van der Waals surface area contributed by atoms with Crippen molar-refractivity contribution < 1.29 is 0 Å². The first kappa shape index (κ1) is 16.3. The first-order valence-corrected chi connectivity index (χ1v) is 8.82. The fourth-order valence-electron chi connectivity index (χ4n) is 4.67. The molecule has 1 aliphatic carbocycles. The van der Waals surface area contributed by atoms with Gasteiger partial charge < -0.3 is 5.73 Å². The summed E-state index contributed by atoms with van der Waals surface area (Å²) in [5, 5.41) is 0. The van der Waals surface area contributed by atoms with Crippen LogP contribution in [0.2, 0.25) is 0 Å². The summed E-state index contributed by atoms with van der Waals surface area (Å²) in [6.45, 7) is 13.1. The molecule has 20 heavy (non-hydrogen) atoms. The molecule has 0 aromatic rings. The predicted octanol–water partition coefficient (Wildman–Crippen LogP) is 4.04. The minimum absolute atomic E-state index is 0.324. The number of nitrogens with two attached hydrogens (primary N) is 1. The van der Waals surface area contributed by atoms with Crippen molar-refractivity contribution in [2.24, 2.45) is 23.0 Å². The largest absolute Gasteiger partial charge is 0.329 e. The van der Waals surface area contributed by atoms with Crippen LogP contribution in [-0.4, -0.2) is 30.1 Å². The van der Waals surface area contributed by atoms with Gasteiger partial charge in [-0.25, -0.2) is 0 Å². The Kier molecular flexibility index (Phi) is 5.18. The quantitative estimate of drug-likeness (QED) is 0.827. The van der Waals surface area contributed by atoms with E-state index in [0.29, 0.717) is 11.0 Å². The predicted molar refractivity (Wildman–Crippen MR) is 87.8 cm³/mol. The van der Waals surface area contributed by atoms with Gasteiger partial charge in [-0.2, -0.15) is 0 Å². The van der Waals surface area contributed by atoms with Crippen LogP contribution < -0.4 is 5.73 Å². The van der Waals surface area contributed by atoms with Crippen LogP contribution in [0.4, 0.5) is 0 Å². The molecule has 1 heterocycles. The summed E-state index contributed by atoms with van der Waals surface area (Å²) in [6.07, 6.45) is 9.55. The van der Waals surface area contributed by atoms with Gasteiger partial charge in [-0.3, -0.25) is 4.90 Å². The molecule has 2 heteroatoms. The molecule has 1 saturated heterocycles. The Balaban J connectivity index is 2.04. The van der Waals surface area contributed by atoms with E-state index in [-0.39, 0.29) is 0 Å². The standard InChI is InChI=1S/C18H36N2/c1-15-7-5-10-18(13-15,14-19)20-11-6-8-16(9-12-20)17(2,3)4/h15-16H,5-14,19H2,1-4H3. The first-order chi connectivity index (χ1) is 9.37. The second kappa shape index (κ2) is 6.36. The molecule has 3 unspecified atom stereocenters. The van der Waals surface area contributed by atoms with Gasteiger partial charge in [0.15, 0.2) is 0 Å². The van der Waals surface area contributed by atoms with E-state index in [1.165, 1.54) is 58.0 Å². The van der Waals surface area contributed by atoms with E-state index in [1.54, 1.807) is 0 Å². The number of rotatable bonds is 2. The summed E-state index contributed by atoms with van der Waals surface area (Å²) in [5.74, 6) is 1.73. The second-order valence-electron chi connectivity index (χ2n) is 8.61. The van der Waals surface area contributed by atoms with Crippen LogP contribution in [0.5, 0.6) is 0 Å². The fourth-order valence-corrected chi connectivity index (χ4v) is 4.67. The van der Waals surface area contributed by atoms with Crippen LogP contribution in [0.3, 0.4) is 0 Å². The third-order valence-corrected chi connectivity index (χ3v) is 6.07. The summed E-state index contributed by atoms with van der Waals surface area (Å²) in [4.78, 5) is 2.79. The molecule has 0 bridgehead atoms. The van der Waals surface area contributed by atoms with Crippen molar-refractivity contribution in [3.8, 4) is 0 Å². The molecule has 118 valence electrons. The van der Waals surface area contributed by atoms with Gasteiger partial charge in [0, 0.05) is 12.1 Å². The monoisotopic (exact) mass is 280 g/mol. The van der Waals surface area contributed by atoms with E-state index >= 15 is 0 Å². The van der Waals surface area contributed by atoms with Gasteiger partial charge in [-0.1, -0.05) is 40.5 Å². The van der Waals surface area contributed by atoms with Crippen molar-refractivity contribution in [3.05, 3.63) is 0 Å².